The number of carbonyl (C=O) groups excluding carboxylic acids is 1. The zero-order valence-electron chi connectivity index (χ0n) is 18.1. The van der Waals surface area contributed by atoms with Crippen molar-refractivity contribution in [3.63, 3.8) is 0 Å². The number of rotatable bonds is 5. The molecule has 0 saturated carbocycles. The van der Waals surface area contributed by atoms with Gasteiger partial charge in [-0.25, -0.2) is 0 Å². The fourth-order valence-corrected chi connectivity index (χ4v) is 3.24. The largest absolute Gasteiger partial charge is 0.416 e. The molecule has 0 aromatic heterocycles. The zero-order chi connectivity index (χ0) is 23.1. The van der Waals surface area contributed by atoms with Crippen LogP contribution in [0.2, 0.25) is 0 Å². The van der Waals surface area contributed by atoms with Gasteiger partial charge in [0.05, 0.1) is 25.3 Å². The van der Waals surface area contributed by atoms with Crippen molar-refractivity contribution in [1.29, 1.82) is 0 Å². The Hall–Kier alpha value is -2.91. The molecule has 0 bridgehead atoms. The van der Waals surface area contributed by atoms with Gasteiger partial charge in [-0.05, 0) is 55.3 Å². The maximum Gasteiger partial charge on any atom is 0.416 e. The standard InChI is InChI=1S/C23H27F3N4O2/c1-16-4-3-5-20(17(16)2)28-22(27-10-11-30-12-14-32-15-13-30)29-21(31)18-6-8-19(9-7-18)23(24,25)26/h3-9H,10-15H2,1-2H3,(H2,27,28,29,31). The van der Waals surface area contributed by atoms with Crippen LogP contribution in [0.4, 0.5) is 18.9 Å². The predicted octanol–water partition coefficient (Wildman–Crippen LogP) is 3.85. The second kappa shape index (κ2) is 10.6. The summed E-state index contributed by atoms with van der Waals surface area (Å²) in [6, 6.07) is 9.85. The summed E-state index contributed by atoms with van der Waals surface area (Å²) in [5, 5.41) is 5.86. The third-order valence-electron chi connectivity index (χ3n) is 5.35. The van der Waals surface area contributed by atoms with E-state index in [4.69, 9.17) is 4.74 Å². The van der Waals surface area contributed by atoms with Crippen molar-refractivity contribution in [3.8, 4) is 0 Å². The molecule has 3 rings (SSSR count). The van der Waals surface area contributed by atoms with Crippen molar-refractivity contribution in [2.75, 3.05) is 44.7 Å². The lowest BCUT2D eigenvalue weighted by atomic mass is 10.1. The predicted molar refractivity (Wildman–Crippen MR) is 118 cm³/mol. The molecule has 0 unspecified atom stereocenters. The van der Waals surface area contributed by atoms with Gasteiger partial charge in [0.2, 0.25) is 5.96 Å². The van der Waals surface area contributed by atoms with E-state index in [1.807, 2.05) is 32.0 Å². The van der Waals surface area contributed by atoms with Crippen molar-refractivity contribution in [1.82, 2.24) is 10.2 Å². The first kappa shape index (κ1) is 23.7. The summed E-state index contributed by atoms with van der Waals surface area (Å²) in [6.45, 7) is 8.11. The summed E-state index contributed by atoms with van der Waals surface area (Å²) < 4.78 is 43.7. The molecule has 2 N–H and O–H groups in total. The quantitative estimate of drug-likeness (QED) is 0.539. The van der Waals surface area contributed by atoms with Crippen molar-refractivity contribution < 1.29 is 22.7 Å². The lowest BCUT2D eigenvalue weighted by Crippen LogP contribution is -2.39. The monoisotopic (exact) mass is 448 g/mol. The Balaban J connectivity index is 1.73. The second-order valence-electron chi connectivity index (χ2n) is 7.59. The summed E-state index contributed by atoms with van der Waals surface area (Å²) >= 11 is 0. The lowest BCUT2D eigenvalue weighted by molar-refractivity contribution is -0.137. The van der Waals surface area contributed by atoms with E-state index in [1.54, 1.807) is 0 Å². The van der Waals surface area contributed by atoms with Crippen LogP contribution < -0.4 is 10.6 Å². The average molecular weight is 448 g/mol. The van der Waals surface area contributed by atoms with E-state index in [0.717, 1.165) is 54.2 Å². The van der Waals surface area contributed by atoms with Crippen LogP contribution in [-0.4, -0.2) is 56.2 Å². The van der Waals surface area contributed by atoms with Gasteiger partial charge in [0.25, 0.3) is 5.91 Å². The Kier molecular flexibility index (Phi) is 7.87. The smallest absolute Gasteiger partial charge is 0.379 e. The molecule has 0 aliphatic carbocycles. The average Bonchev–Trinajstić information content (AvgIpc) is 2.77. The first-order valence-electron chi connectivity index (χ1n) is 10.4. The number of halogens is 3. The number of ether oxygens (including phenoxy) is 1. The molecule has 9 heteroatoms. The van der Waals surface area contributed by atoms with Gasteiger partial charge in [-0.15, -0.1) is 0 Å². The Morgan fingerprint density at radius 2 is 1.78 bits per heavy atom. The normalized spacial score (nSPS) is 15.5. The van der Waals surface area contributed by atoms with Crippen molar-refractivity contribution in [3.05, 3.63) is 64.7 Å². The van der Waals surface area contributed by atoms with E-state index >= 15 is 0 Å². The highest BCUT2D eigenvalue weighted by atomic mass is 19.4. The van der Waals surface area contributed by atoms with Crippen LogP contribution in [0.1, 0.15) is 27.0 Å². The van der Waals surface area contributed by atoms with E-state index in [1.165, 1.54) is 0 Å². The number of amides is 1. The first-order valence-corrected chi connectivity index (χ1v) is 10.4. The number of aryl methyl sites for hydroxylation is 1. The van der Waals surface area contributed by atoms with Crippen LogP contribution in [0, 0.1) is 13.8 Å². The highest BCUT2D eigenvalue weighted by Gasteiger charge is 2.30. The van der Waals surface area contributed by atoms with Crippen molar-refractivity contribution >= 4 is 17.6 Å². The van der Waals surface area contributed by atoms with Gasteiger partial charge in [-0.2, -0.15) is 13.2 Å². The summed E-state index contributed by atoms with van der Waals surface area (Å²) in [5.74, 6) is -0.293. The molecule has 0 spiro atoms. The van der Waals surface area contributed by atoms with Crippen molar-refractivity contribution in [2.24, 2.45) is 4.99 Å². The lowest BCUT2D eigenvalue weighted by Gasteiger charge is -2.25. The number of anilines is 1. The molecule has 1 fully saturated rings. The van der Waals surface area contributed by atoms with E-state index in [-0.39, 0.29) is 11.5 Å². The minimum Gasteiger partial charge on any atom is -0.379 e. The van der Waals surface area contributed by atoms with Crippen LogP contribution >= 0.6 is 0 Å². The van der Waals surface area contributed by atoms with Gasteiger partial charge in [-0.3, -0.25) is 20.0 Å². The number of alkyl halides is 3. The molecule has 1 amide bonds. The molecule has 172 valence electrons. The number of nitrogens with zero attached hydrogens (tertiary/aromatic N) is 2. The molecule has 2 aromatic rings. The highest BCUT2D eigenvalue weighted by molar-refractivity contribution is 6.10. The Morgan fingerprint density at radius 1 is 1.09 bits per heavy atom. The number of hydrogen-bond donors (Lipinski definition) is 2. The van der Waals surface area contributed by atoms with Crippen LogP contribution in [0.25, 0.3) is 0 Å². The number of hydrogen-bond acceptors (Lipinski definition) is 4. The van der Waals surface area contributed by atoms with Crippen molar-refractivity contribution in [2.45, 2.75) is 20.0 Å². The fraction of sp³-hybridized carbons (Fsp3) is 0.391. The minimum absolute atomic E-state index is 0.113. The van der Waals surface area contributed by atoms with E-state index in [9.17, 15) is 18.0 Å². The number of nitrogens with one attached hydrogen (secondary N) is 2. The molecule has 2 aromatic carbocycles. The number of carbonyl (C=O) groups is 1. The van der Waals surface area contributed by atoms with Gasteiger partial charge in [0.1, 0.15) is 0 Å². The summed E-state index contributed by atoms with van der Waals surface area (Å²) in [4.78, 5) is 19.4. The summed E-state index contributed by atoms with van der Waals surface area (Å²) in [6.07, 6.45) is -4.45. The van der Waals surface area contributed by atoms with Crippen LogP contribution in [-0.2, 0) is 10.9 Å². The van der Waals surface area contributed by atoms with Gasteiger partial charge < -0.3 is 10.1 Å². The number of guanidine groups is 1. The van der Waals surface area contributed by atoms with Gasteiger partial charge >= 0.3 is 6.18 Å². The van der Waals surface area contributed by atoms with Gasteiger partial charge in [-0.1, -0.05) is 12.1 Å². The van der Waals surface area contributed by atoms with E-state index in [0.29, 0.717) is 26.3 Å². The molecular formula is C23H27F3N4O2. The van der Waals surface area contributed by atoms with Gasteiger partial charge in [0.15, 0.2) is 0 Å². The fourth-order valence-electron chi connectivity index (χ4n) is 3.24. The summed E-state index contributed by atoms with van der Waals surface area (Å²) in [7, 11) is 0. The first-order chi connectivity index (χ1) is 15.2. The van der Waals surface area contributed by atoms with E-state index < -0.39 is 17.6 Å². The molecule has 1 saturated heterocycles. The number of benzene rings is 2. The molecule has 1 aliphatic rings. The summed E-state index contributed by atoms with van der Waals surface area (Å²) in [5.41, 5.74) is 2.19. The molecular weight excluding hydrogens is 421 g/mol. The maximum atomic E-state index is 12.8. The molecule has 1 aliphatic heterocycles. The van der Waals surface area contributed by atoms with E-state index in [2.05, 4.69) is 20.5 Å². The Bertz CT molecular complexity index is 953. The third-order valence-corrected chi connectivity index (χ3v) is 5.35. The highest BCUT2D eigenvalue weighted by Crippen LogP contribution is 2.29. The zero-order valence-corrected chi connectivity index (χ0v) is 18.1. The minimum atomic E-state index is -4.45. The molecule has 1 heterocycles. The third kappa shape index (κ3) is 6.54. The topological polar surface area (TPSA) is 66.0 Å². The number of morpholine rings is 1. The molecule has 32 heavy (non-hydrogen) atoms. The van der Waals surface area contributed by atoms with Crippen LogP contribution in [0.5, 0.6) is 0 Å². The SMILES string of the molecule is Cc1cccc(NC(=NCCN2CCOCC2)NC(=O)c2ccc(C(F)(F)F)cc2)c1C. The van der Waals surface area contributed by atoms with Gasteiger partial charge in [0, 0.05) is 30.9 Å². The number of aliphatic imine (C=N–C) groups is 1. The Morgan fingerprint density at radius 3 is 2.44 bits per heavy atom. The van der Waals surface area contributed by atoms with Crippen LogP contribution in [0.15, 0.2) is 47.5 Å². The molecule has 0 atom stereocenters. The Labute approximate surface area is 185 Å². The molecule has 6 nitrogen and oxygen atoms in total. The second-order valence-corrected chi connectivity index (χ2v) is 7.59. The molecule has 0 radical (unpaired) electrons. The van der Waals surface area contributed by atoms with Crippen LogP contribution in [0.3, 0.4) is 0 Å². The maximum absolute atomic E-state index is 12.8.